The molecule has 2 aromatic carbocycles. The number of benzene rings is 2. The van der Waals surface area contributed by atoms with E-state index in [4.69, 9.17) is 0 Å². The third-order valence-electron chi connectivity index (χ3n) is 5.08. The van der Waals surface area contributed by atoms with E-state index in [1.54, 1.807) is 6.20 Å². The normalized spacial score (nSPS) is 16.5. The lowest BCUT2D eigenvalue weighted by Gasteiger charge is -2.25. The molecule has 138 valence electrons. The molecule has 4 rings (SSSR count). The predicted octanol–water partition coefficient (Wildman–Crippen LogP) is 4.61. The molecule has 1 unspecified atom stereocenters. The van der Waals surface area contributed by atoms with E-state index in [0.717, 1.165) is 37.2 Å². The van der Waals surface area contributed by atoms with Gasteiger partial charge >= 0.3 is 6.03 Å². The average molecular weight is 360 g/mol. The molecule has 5 nitrogen and oxygen atoms in total. The fraction of sp³-hybridized carbons (Fsp3) is 0.273. The van der Waals surface area contributed by atoms with E-state index in [2.05, 4.69) is 41.6 Å². The summed E-state index contributed by atoms with van der Waals surface area (Å²) in [7, 11) is 0. The summed E-state index contributed by atoms with van der Waals surface area (Å²) in [6.45, 7) is 3.60. The van der Waals surface area contributed by atoms with Crippen molar-refractivity contribution < 1.29 is 4.79 Å². The van der Waals surface area contributed by atoms with Crippen molar-refractivity contribution in [3.05, 3.63) is 83.7 Å². The van der Waals surface area contributed by atoms with Crippen molar-refractivity contribution in [3.8, 4) is 0 Å². The Bertz CT molecular complexity index is 885. The molecule has 0 bridgehead atoms. The number of aryl methyl sites for hydroxylation is 1. The van der Waals surface area contributed by atoms with Crippen LogP contribution in [0, 0.1) is 6.92 Å². The highest BCUT2D eigenvalue weighted by atomic mass is 16.2. The van der Waals surface area contributed by atoms with Crippen LogP contribution >= 0.6 is 0 Å². The molecule has 3 aromatic rings. The second-order valence-corrected chi connectivity index (χ2v) is 7.09. The molecule has 1 aliphatic rings. The van der Waals surface area contributed by atoms with Crippen molar-refractivity contribution in [1.82, 2.24) is 14.7 Å². The topological polar surface area (TPSA) is 50.2 Å². The van der Waals surface area contributed by atoms with Crippen LogP contribution in [0.1, 0.15) is 35.6 Å². The smallest absolute Gasteiger partial charge is 0.317 e. The van der Waals surface area contributed by atoms with Crippen molar-refractivity contribution in [2.45, 2.75) is 32.4 Å². The van der Waals surface area contributed by atoms with E-state index >= 15 is 0 Å². The zero-order valence-electron chi connectivity index (χ0n) is 15.5. The van der Waals surface area contributed by atoms with Gasteiger partial charge in [-0.25, -0.2) is 4.79 Å². The third-order valence-corrected chi connectivity index (χ3v) is 5.08. The summed E-state index contributed by atoms with van der Waals surface area (Å²) in [5.41, 5.74) is 4.42. The van der Waals surface area contributed by atoms with Gasteiger partial charge in [-0.05, 0) is 49.1 Å². The lowest BCUT2D eigenvalue weighted by atomic mass is 10.0. The molecule has 0 saturated carbocycles. The van der Waals surface area contributed by atoms with Crippen LogP contribution in [0.2, 0.25) is 0 Å². The number of nitrogens with one attached hydrogen (secondary N) is 1. The van der Waals surface area contributed by atoms with Crippen LogP contribution in [0.4, 0.5) is 10.5 Å². The molecule has 1 N–H and O–H groups in total. The number of rotatable bonds is 4. The maximum absolute atomic E-state index is 12.8. The Morgan fingerprint density at radius 1 is 1.15 bits per heavy atom. The number of hydrogen-bond acceptors (Lipinski definition) is 2. The Balaban J connectivity index is 1.41. The molecule has 1 aromatic heterocycles. The molecule has 1 atom stereocenters. The SMILES string of the molecule is Cc1ccc(C2CCCN2C(=O)Nc2ccc(Cn3cccn3)cc2)cc1. The first kappa shape index (κ1) is 17.3. The van der Waals surface area contributed by atoms with Gasteiger partial charge in [0, 0.05) is 24.6 Å². The highest BCUT2D eigenvalue weighted by Gasteiger charge is 2.29. The Morgan fingerprint density at radius 3 is 2.63 bits per heavy atom. The van der Waals surface area contributed by atoms with Crippen molar-refractivity contribution in [1.29, 1.82) is 0 Å². The quantitative estimate of drug-likeness (QED) is 0.739. The number of nitrogens with zero attached hydrogens (tertiary/aromatic N) is 3. The number of amides is 2. The van der Waals surface area contributed by atoms with Crippen LogP contribution in [0.3, 0.4) is 0 Å². The largest absolute Gasteiger partial charge is 0.322 e. The van der Waals surface area contributed by atoms with E-state index in [1.807, 2.05) is 46.1 Å². The summed E-state index contributed by atoms with van der Waals surface area (Å²) in [6, 6.07) is 18.5. The highest BCUT2D eigenvalue weighted by molar-refractivity contribution is 5.89. The van der Waals surface area contributed by atoms with Crippen LogP contribution in [-0.2, 0) is 6.54 Å². The minimum Gasteiger partial charge on any atom is -0.317 e. The van der Waals surface area contributed by atoms with Crippen molar-refractivity contribution >= 4 is 11.7 Å². The molecular weight excluding hydrogens is 336 g/mol. The van der Waals surface area contributed by atoms with Gasteiger partial charge in [0.2, 0.25) is 0 Å². The Kier molecular flexibility index (Phi) is 4.92. The lowest BCUT2D eigenvalue weighted by molar-refractivity contribution is 0.207. The first-order valence-corrected chi connectivity index (χ1v) is 9.39. The minimum atomic E-state index is -0.0297. The maximum atomic E-state index is 12.8. The zero-order chi connectivity index (χ0) is 18.6. The van der Waals surface area contributed by atoms with Gasteiger partial charge in [0.05, 0.1) is 12.6 Å². The fourth-order valence-corrected chi connectivity index (χ4v) is 3.61. The van der Waals surface area contributed by atoms with E-state index in [-0.39, 0.29) is 12.1 Å². The van der Waals surface area contributed by atoms with Gasteiger partial charge < -0.3 is 10.2 Å². The van der Waals surface area contributed by atoms with Crippen LogP contribution < -0.4 is 5.32 Å². The van der Waals surface area contributed by atoms with Crippen molar-refractivity contribution in [2.24, 2.45) is 0 Å². The van der Waals surface area contributed by atoms with Crippen LogP contribution in [-0.4, -0.2) is 27.3 Å². The molecule has 1 fully saturated rings. The summed E-state index contributed by atoms with van der Waals surface area (Å²) in [6.07, 6.45) is 5.76. The number of carbonyl (C=O) groups is 1. The molecule has 2 amide bonds. The van der Waals surface area contributed by atoms with Gasteiger partial charge in [-0.1, -0.05) is 42.0 Å². The predicted molar refractivity (Wildman–Crippen MR) is 107 cm³/mol. The zero-order valence-corrected chi connectivity index (χ0v) is 15.5. The molecule has 1 saturated heterocycles. The number of aromatic nitrogens is 2. The molecule has 0 aliphatic carbocycles. The first-order chi connectivity index (χ1) is 13.2. The summed E-state index contributed by atoms with van der Waals surface area (Å²) < 4.78 is 1.88. The monoisotopic (exact) mass is 360 g/mol. The van der Waals surface area contributed by atoms with E-state index < -0.39 is 0 Å². The summed E-state index contributed by atoms with van der Waals surface area (Å²) in [5.74, 6) is 0. The van der Waals surface area contributed by atoms with Crippen LogP contribution in [0.25, 0.3) is 0 Å². The van der Waals surface area contributed by atoms with Gasteiger partial charge in [0.1, 0.15) is 0 Å². The standard InChI is InChI=1S/C22H24N4O/c1-17-5-9-19(10-6-17)21-4-2-15-26(21)22(27)24-20-11-7-18(8-12-20)16-25-14-3-13-23-25/h3,5-14,21H,2,4,15-16H2,1H3,(H,24,27). The fourth-order valence-electron chi connectivity index (χ4n) is 3.61. The first-order valence-electron chi connectivity index (χ1n) is 9.39. The van der Waals surface area contributed by atoms with Gasteiger partial charge in [-0.2, -0.15) is 5.10 Å². The number of hydrogen-bond donors (Lipinski definition) is 1. The Labute approximate surface area is 159 Å². The highest BCUT2D eigenvalue weighted by Crippen LogP contribution is 2.32. The van der Waals surface area contributed by atoms with E-state index in [0.29, 0.717) is 0 Å². The second kappa shape index (κ2) is 7.66. The van der Waals surface area contributed by atoms with Gasteiger partial charge in [-0.3, -0.25) is 4.68 Å². The molecule has 2 heterocycles. The maximum Gasteiger partial charge on any atom is 0.322 e. The van der Waals surface area contributed by atoms with Gasteiger partial charge in [0.25, 0.3) is 0 Å². The summed E-state index contributed by atoms with van der Waals surface area (Å²) >= 11 is 0. The molecule has 0 spiro atoms. The number of urea groups is 1. The molecular formula is C22H24N4O. The van der Waals surface area contributed by atoms with E-state index in [1.165, 1.54) is 11.1 Å². The third kappa shape index (κ3) is 4.03. The van der Waals surface area contributed by atoms with Crippen LogP contribution in [0.5, 0.6) is 0 Å². The number of anilines is 1. The van der Waals surface area contributed by atoms with Crippen LogP contribution in [0.15, 0.2) is 67.0 Å². The Morgan fingerprint density at radius 2 is 1.93 bits per heavy atom. The molecule has 27 heavy (non-hydrogen) atoms. The molecule has 1 aliphatic heterocycles. The second-order valence-electron chi connectivity index (χ2n) is 7.09. The summed E-state index contributed by atoms with van der Waals surface area (Å²) in [4.78, 5) is 14.8. The molecule has 5 heteroatoms. The average Bonchev–Trinajstić information content (AvgIpc) is 3.36. The number of likely N-dealkylation sites (tertiary alicyclic amines) is 1. The van der Waals surface area contributed by atoms with Crippen molar-refractivity contribution in [3.63, 3.8) is 0 Å². The Hall–Kier alpha value is -3.08. The number of carbonyl (C=O) groups excluding carboxylic acids is 1. The van der Waals surface area contributed by atoms with Crippen molar-refractivity contribution in [2.75, 3.05) is 11.9 Å². The lowest BCUT2D eigenvalue weighted by Crippen LogP contribution is -2.34. The summed E-state index contributed by atoms with van der Waals surface area (Å²) in [5, 5.41) is 7.26. The van der Waals surface area contributed by atoms with E-state index in [9.17, 15) is 4.79 Å². The van der Waals surface area contributed by atoms with Gasteiger partial charge in [-0.15, -0.1) is 0 Å². The van der Waals surface area contributed by atoms with Gasteiger partial charge in [0.15, 0.2) is 0 Å². The minimum absolute atomic E-state index is 0.0297. The molecule has 0 radical (unpaired) electrons.